The van der Waals surface area contributed by atoms with Crippen LogP contribution in [-0.4, -0.2) is 95.9 Å². The molecular weight excluding hydrogens is 522 g/mol. The van der Waals surface area contributed by atoms with Gasteiger partial charge in [-0.25, -0.2) is 8.42 Å². The van der Waals surface area contributed by atoms with Gasteiger partial charge in [0.25, 0.3) is 0 Å². The summed E-state index contributed by atoms with van der Waals surface area (Å²) in [6, 6.07) is -0.945. The zero-order valence-electron chi connectivity index (χ0n) is 22.2. The summed E-state index contributed by atoms with van der Waals surface area (Å²) in [6.45, 7) is 1.05. The second kappa shape index (κ2) is 19.8. The fourth-order valence-corrected chi connectivity index (χ4v) is 4.77. The minimum absolute atomic E-state index is 0.364. The Labute approximate surface area is 226 Å². The maximum absolute atomic E-state index is 11.0. The van der Waals surface area contributed by atoms with Gasteiger partial charge in [0.1, 0.15) is 24.4 Å². The molecule has 1 fully saturated rings. The van der Waals surface area contributed by atoms with Gasteiger partial charge in [-0.05, 0) is 12.8 Å². The number of allylic oxidation sites excluding steroid dienone is 1. The third-order valence-corrected chi connectivity index (χ3v) is 6.95. The molecule has 0 aliphatic carbocycles. The minimum Gasteiger partial charge on any atom is -0.726 e. The highest BCUT2D eigenvalue weighted by Gasteiger charge is 2.47. The Morgan fingerprint density at radius 1 is 1.00 bits per heavy atom. The van der Waals surface area contributed by atoms with Gasteiger partial charge in [0.05, 0.1) is 25.4 Å². The summed E-state index contributed by atoms with van der Waals surface area (Å²) in [6.07, 6.45) is 8.16. The monoisotopic (exact) mass is 568 g/mol. The molecule has 12 nitrogen and oxygen atoms in total. The Morgan fingerprint density at radius 3 is 2.11 bits per heavy atom. The second-order valence-electron chi connectivity index (χ2n) is 9.64. The first-order chi connectivity index (χ1) is 18.1. The number of aliphatic hydroxyl groups is 4. The molecule has 0 aromatic carbocycles. The summed E-state index contributed by atoms with van der Waals surface area (Å²) < 4.78 is 47.7. The quantitative estimate of drug-likeness (QED) is 0.0411. The normalized spacial score (nSPS) is 25.9. The summed E-state index contributed by atoms with van der Waals surface area (Å²) in [5.74, 6) is 0. The maximum atomic E-state index is 11.0. The Hall–Kier alpha value is -1.16. The van der Waals surface area contributed by atoms with Gasteiger partial charge >= 0.3 is 0 Å². The third-order valence-electron chi connectivity index (χ3n) is 6.49. The van der Waals surface area contributed by atoms with Crippen molar-refractivity contribution in [2.75, 3.05) is 13.2 Å². The van der Waals surface area contributed by atoms with Crippen molar-refractivity contribution in [3.8, 4) is 0 Å². The highest BCUT2D eigenvalue weighted by Crippen LogP contribution is 2.25. The number of hydrogen-bond acceptors (Lipinski definition) is 11. The van der Waals surface area contributed by atoms with Gasteiger partial charge in [-0.3, -0.25) is 8.98 Å². The van der Waals surface area contributed by atoms with Gasteiger partial charge in [-0.15, -0.1) is 0 Å². The van der Waals surface area contributed by atoms with Crippen LogP contribution in [0.5, 0.6) is 0 Å². The average molecular weight is 569 g/mol. The van der Waals surface area contributed by atoms with Crippen LogP contribution in [-0.2, 0) is 28.9 Å². The molecule has 7 atom stereocenters. The summed E-state index contributed by atoms with van der Waals surface area (Å²) in [5, 5.41) is 42.6. The van der Waals surface area contributed by atoms with E-state index in [2.05, 4.69) is 16.4 Å². The van der Waals surface area contributed by atoms with Gasteiger partial charge < -0.3 is 39.8 Å². The van der Waals surface area contributed by atoms with Crippen molar-refractivity contribution >= 4 is 16.8 Å². The summed E-state index contributed by atoms with van der Waals surface area (Å²) in [7, 11) is -5.30. The first-order valence-corrected chi connectivity index (χ1v) is 14.9. The first-order valence-electron chi connectivity index (χ1n) is 13.6. The maximum Gasteiger partial charge on any atom is 0.218 e. The van der Waals surface area contributed by atoms with Gasteiger partial charge in [0, 0.05) is 0 Å². The molecule has 0 unspecified atom stereocenters. The first kappa shape index (κ1) is 34.9. The zero-order valence-corrected chi connectivity index (χ0v) is 23.0. The fourth-order valence-electron chi connectivity index (χ4n) is 4.27. The molecule has 0 aromatic heterocycles. The van der Waals surface area contributed by atoms with E-state index in [1.165, 1.54) is 63.9 Å². The van der Waals surface area contributed by atoms with Crippen LogP contribution in [0.25, 0.3) is 0 Å². The van der Waals surface area contributed by atoms with Crippen molar-refractivity contribution in [2.24, 2.45) is 0 Å². The lowest BCUT2D eigenvalue weighted by molar-refractivity contribution is -0.298. The standard InChI is InChI=1S/C25H47NO11S/c1-2-3-4-5-6-7-8-9-10-11-12-13-14-15-20(29)19(26-18-28)17-35-25-23(31)24(37-38(32,33)34)22(30)21(16-27)36-25/h14-15,18-25,27,29-31H,2-13,16-17H2,1H3,(H,26,28)(H,32,33,34)/p-1/b15-14+/t19-,20+,21+,22-,23+,24-,25+/m0/s1. The predicted octanol–water partition coefficient (Wildman–Crippen LogP) is 1.02. The van der Waals surface area contributed by atoms with E-state index in [1.54, 1.807) is 0 Å². The highest BCUT2D eigenvalue weighted by molar-refractivity contribution is 7.80. The van der Waals surface area contributed by atoms with E-state index in [-0.39, 0.29) is 6.61 Å². The molecule has 0 aromatic rings. The van der Waals surface area contributed by atoms with Crippen LogP contribution in [0.3, 0.4) is 0 Å². The molecule has 1 saturated heterocycles. The Balaban J connectivity index is 2.42. The van der Waals surface area contributed by atoms with Crippen LogP contribution in [0.15, 0.2) is 12.2 Å². The van der Waals surface area contributed by atoms with Gasteiger partial charge in [-0.2, -0.15) is 0 Å². The molecule has 0 saturated carbocycles. The molecule has 13 heteroatoms. The van der Waals surface area contributed by atoms with Crippen molar-refractivity contribution in [3.63, 3.8) is 0 Å². The van der Waals surface area contributed by atoms with E-state index in [9.17, 15) is 38.2 Å². The smallest absolute Gasteiger partial charge is 0.218 e. The molecular formula is C25H46NO11S-. The number of unbranched alkanes of at least 4 members (excludes halogenated alkanes) is 11. The number of carbonyl (C=O) groups is 1. The van der Waals surface area contributed by atoms with Gasteiger partial charge in [0.2, 0.25) is 16.8 Å². The number of ether oxygens (including phenoxy) is 2. The molecule has 1 aliphatic rings. The van der Waals surface area contributed by atoms with Crippen molar-refractivity contribution in [3.05, 3.63) is 12.2 Å². The Kier molecular flexibility index (Phi) is 18.2. The van der Waals surface area contributed by atoms with E-state index in [1.807, 2.05) is 6.08 Å². The SMILES string of the molecule is CCCCCCCCCCCCC/C=C/[C@@H](O)[C@H](CO[C@@H]1O[C@H](CO)[C@H](O)[C@H](OS(=O)(=O)[O-])[C@H]1O)NC=O. The van der Waals surface area contributed by atoms with Crippen LogP contribution in [0.4, 0.5) is 0 Å². The zero-order chi connectivity index (χ0) is 28.4. The van der Waals surface area contributed by atoms with E-state index in [4.69, 9.17) is 9.47 Å². The molecule has 38 heavy (non-hydrogen) atoms. The van der Waals surface area contributed by atoms with Crippen molar-refractivity contribution in [1.82, 2.24) is 5.32 Å². The van der Waals surface area contributed by atoms with Crippen LogP contribution in [0.1, 0.15) is 84.0 Å². The van der Waals surface area contributed by atoms with Crippen LogP contribution in [0.2, 0.25) is 0 Å². The second-order valence-corrected chi connectivity index (χ2v) is 10.7. The average Bonchev–Trinajstić information content (AvgIpc) is 2.87. The van der Waals surface area contributed by atoms with Crippen LogP contribution in [0, 0.1) is 0 Å². The third kappa shape index (κ3) is 14.3. The number of hydrogen-bond donors (Lipinski definition) is 5. The van der Waals surface area contributed by atoms with Gasteiger partial charge in [0.15, 0.2) is 6.29 Å². The van der Waals surface area contributed by atoms with Crippen molar-refractivity contribution in [1.29, 1.82) is 0 Å². The number of carbonyl (C=O) groups excluding carboxylic acids is 1. The topological polar surface area (TPSA) is 195 Å². The Bertz CT molecular complexity index is 752. The number of amides is 1. The number of rotatable bonds is 22. The molecule has 0 bridgehead atoms. The van der Waals surface area contributed by atoms with E-state index in [0.29, 0.717) is 6.41 Å². The fraction of sp³-hybridized carbons (Fsp3) is 0.880. The molecule has 224 valence electrons. The molecule has 1 aliphatic heterocycles. The van der Waals surface area contributed by atoms with Crippen LogP contribution >= 0.6 is 0 Å². The molecule has 1 heterocycles. The van der Waals surface area contributed by atoms with Crippen molar-refractivity contribution in [2.45, 2.75) is 127 Å². The Morgan fingerprint density at radius 2 is 1.58 bits per heavy atom. The summed E-state index contributed by atoms with van der Waals surface area (Å²) in [4.78, 5) is 11.0. The van der Waals surface area contributed by atoms with Crippen LogP contribution < -0.4 is 5.32 Å². The lowest BCUT2D eigenvalue weighted by Crippen LogP contribution is -2.61. The predicted molar refractivity (Wildman–Crippen MR) is 137 cm³/mol. The highest BCUT2D eigenvalue weighted by atomic mass is 32.3. The van der Waals surface area contributed by atoms with E-state index < -0.39 is 59.9 Å². The van der Waals surface area contributed by atoms with E-state index >= 15 is 0 Å². The molecule has 1 rings (SSSR count). The molecule has 0 spiro atoms. The molecule has 1 amide bonds. The van der Waals surface area contributed by atoms with Gasteiger partial charge in [-0.1, -0.05) is 83.3 Å². The van der Waals surface area contributed by atoms with Crippen molar-refractivity contribution < 1.29 is 51.8 Å². The molecule has 0 radical (unpaired) electrons. The minimum atomic E-state index is -5.30. The largest absolute Gasteiger partial charge is 0.726 e. The molecule has 5 N–H and O–H groups in total. The number of aliphatic hydroxyl groups excluding tert-OH is 4. The lowest BCUT2D eigenvalue weighted by atomic mass is 9.99. The summed E-state index contributed by atoms with van der Waals surface area (Å²) in [5.41, 5.74) is 0. The lowest BCUT2D eigenvalue weighted by Gasteiger charge is -2.41. The summed E-state index contributed by atoms with van der Waals surface area (Å²) >= 11 is 0. The van der Waals surface area contributed by atoms with E-state index in [0.717, 1.165) is 19.3 Å². The number of nitrogens with one attached hydrogen (secondary N) is 1.